The van der Waals surface area contributed by atoms with E-state index < -0.39 is 0 Å². The Labute approximate surface area is 125 Å². The first-order valence-electron chi connectivity index (χ1n) is 7.94. The van der Waals surface area contributed by atoms with Gasteiger partial charge >= 0.3 is 0 Å². The number of carbonyl (C=O) groups is 1. The van der Waals surface area contributed by atoms with E-state index in [1.165, 1.54) is 50.7 Å². The van der Waals surface area contributed by atoms with Gasteiger partial charge in [0.05, 0.1) is 6.54 Å². The SMILES string of the molecule is O=C(CN1CCCC1C1CCCC1)c1ccc(O)c(O)c1. The van der Waals surface area contributed by atoms with Crippen LogP contribution in [-0.4, -0.2) is 40.0 Å². The molecule has 4 heteroatoms. The molecule has 1 aliphatic carbocycles. The molecule has 1 aliphatic heterocycles. The van der Waals surface area contributed by atoms with Gasteiger partial charge in [0.1, 0.15) is 0 Å². The lowest BCUT2D eigenvalue weighted by molar-refractivity contribution is 0.0895. The van der Waals surface area contributed by atoms with E-state index in [0.717, 1.165) is 12.5 Å². The molecule has 0 spiro atoms. The molecule has 1 aromatic rings. The zero-order chi connectivity index (χ0) is 14.8. The maximum Gasteiger partial charge on any atom is 0.176 e. The van der Waals surface area contributed by atoms with Gasteiger partial charge in [0, 0.05) is 11.6 Å². The molecule has 0 bridgehead atoms. The molecular formula is C17H23NO3. The molecule has 0 radical (unpaired) electrons. The summed E-state index contributed by atoms with van der Waals surface area (Å²) in [6.45, 7) is 1.42. The number of aromatic hydroxyl groups is 2. The van der Waals surface area contributed by atoms with Gasteiger partial charge in [-0.05, 0) is 56.3 Å². The van der Waals surface area contributed by atoms with Crippen LogP contribution in [0.4, 0.5) is 0 Å². The fraction of sp³-hybridized carbons (Fsp3) is 0.588. The summed E-state index contributed by atoms with van der Waals surface area (Å²) in [7, 11) is 0. The van der Waals surface area contributed by atoms with Crippen LogP contribution in [0.5, 0.6) is 11.5 Å². The normalized spacial score (nSPS) is 23.7. The summed E-state index contributed by atoms with van der Waals surface area (Å²) in [4.78, 5) is 14.7. The fourth-order valence-corrected chi connectivity index (χ4v) is 3.90. The van der Waals surface area contributed by atoms with Crippen LogP contribution < -0.4 is 0 Å². The maximum absolute atomic E-state index is 12.4. The van der Waals surface area contributed by atoms with Gasteiger partial charge in [0.2, 0.25) is 0 Å². The first-order chi connectivity index (χ1) is 10.1. The molecule has 0 amide bonds. The predicted octanol–water partition coefficient (Wildman–Crippen LogP) is 2.94. The van der Waals surface area contributed by atoms with Crippen molar-refractivity contribution in [3.63, 3.8) is 0 Å². The third-order valence-electron chi connectivity index (χ3n) is 5.00. The van der Waals surface area contributed by atoms with Gasteiger partial charge in [0.15, 0.2) is 17.3 Å². The minimum Gasteiger partial charge on any atom is -0.504 e. The molecule has 2 aliphatic rings. The Morgan fingerprint density at radius 3 is 2.57 bits per heavy atom. The zero-order valence-electron chi connectivity index (χ0n) is 12.3. The third-order valence-corrected chi connectivity index (χ3v) is 5.00. The lowest BCUT2D eigenvalue weighted by Gasteiger charge is -2.28. The van der Waals surface area contributed by atoms with Crippen LogP contribution >= 0.6 is 0 Å². The van der Waals surface area contributed by atoms with E-state index in [1.807, 2.05) is 0 Å². The zero-order valence-corrected chi connectivity index (χ0v) is 12.3. The number of ketones is 1. The van der Waals surface area contributed by atoms with Crippen molar-refractivity contribution in [1.29, 1.82) is 0 Å². The number of phenols is 2. The minimum absolute atomic E-state index is 0.0233. The molecule has 114 valence electrons. The monoisotopic (exact) mass is 289 g/mol. The summed E-state index contributed by atoms with van der Waals surface area (Å²) in [6, 6.07) is 4.87. The number of carbonyl (C=O) groups excluding carboxylic acids is 1. The second-order valence-corrected chi connectivity index (χ2v) is 6.35. The molecule has 1 aromatic carbocycles. The molecule has 1 heterocycles. The number of nitrogens with zero attached hydrogens (tertiary/aromatic N) is 1. The van der Waals surface area contributed by atoms with Crippen molar-refractivity contribution in [3.05, 3.63) is 23.8 Å². The Balaban J connectivity index is 1.67. The number of hydrogen-bond acceptors (Lipinski definition) is 4. The van der Waals surface area contributed by atoms with E-state index in [9.17, 15) is 15.0 Å². The highest BCUT2D eigenvalue weighted by atomic mass is 16.3. The topological polar surface area (TPSA) is 60.8 Å². The predicted molar refractivity (Wildman–Crippen MR) is 80.7 cm³/mol. The van der Waals surface area contributed by atoms with Crippen molar-refractivity contribution in [3.8, 4) is 11.5 Å². The molecule has 1 saturated carbocycles. The van der Waals surface area contributed by atoms with Crippen LogP contribution in [-0.2, 0) is 0 Å². The van der Waals surface area contributed by atoms with Crippen LogP contribution in [0.3, 0.4) is 0 Å². The summed E-state index contributed by atoms with van der Waals surface area (Å²) >= 11 is 0. The molecule has 1 saturated heterocycles. The van der Waals surface area contributed by atoms with Crippen LogP contribution in [0.25, 0.3) is 0 Å². The van der Waals surface area contributed by atoms with Crippen molar-refractivity contribution in [2.75, 3.05) is 13.1 Å². The standard InChI is InChI=1S/C17H23NO3/c19-15-8-7-13(10-16(15)20)17(21)11-18-9-3-6-14(18)12-4-1-2-5-12/h7-8,10,12,14,19-20H,1-6,9,11H2. The van der Waals surface area contributed by atoms with Crippen molar-refractivity contribution >= 4 is 5.78 Å². The van der Waals surface area contributed by atoms with Crippen molar-refractivity contribution < 1.29 is 15.0 Å². The van der Waals surface area contributed by atoms with Gasteiger partial charge in [-0.1, -0.05) is 12.8 Å². The molecule has 1 unspecified atom stereocenters. The fourth-order valence-electron chi connectivity index (χ4n) is 3.90. The van der Waals surface area contributed by atoms with E-state index >= 15 is 0 Å². The maximum atomic E-state index is 12.4. The summed E-state index contributed by atoms with van der Waals surface area (Å²) < 4.78 is 0. The highest BCUT2D eigenvalue weighted by Crippen LogP contribution is 2.35. The lowest BCUT2D eigenvalue weighted by Crippen LogP contribution is -2.38. The number of Topliss-reactive ketones (excluding diaryl/α,β-unsaturated/α-hetero) is 1. The van der Waals surface area contributed by atoms with E-state index in [2.05, 4.69) is 4.90 Å². The molecule has 21 heavy (non-hydrogen) atoms. The van der Waals surface area contributed by atoms with Gasteiger partial charge in [0.25, 0.3) is 0 Å². The first-order valence-corrected chi connectivity index (χ1v) is 7.94. The van der Waals surface area contributed by atoms with E-state index in [4.69, 9.17) is 0 Å². The Bertz CT molecular complexity index is 523. The van der Waals surface area contributed by atoms with E-state index in [0.29, 0.717) is 18.2 Å². The number of rotatable bonds is 4. The van der Waals surface area contributed by atoms with Gasteiger partial charge < -0.3 is 10.2 Å². The van der Waals surface area contributed by atoms with Gasteiger partial charge in [-0.2, -0.15) is 0 Å². The van der Waals surface area contributed by atoms with Crippen LogP contribution in [0.1, 0.15) is 48.9 Å². The number of likely N-dealkylation sites (tertiary alicyclic amines) is 1. The highest BCUT2D eigenvalue weighted by Gasteiger charge is 2.34. The third kappa shape index (κ3) is 3.05. The Morgan fingerprint density at radius 1 is 1.10 bits per heavy atom. The van der Waals surface area contributed by atoms with Crippen LogP contribution in [0.2, 0.25) is 0 Å². The summed E-state index contributed by atoms with van der Waals surface area (Å²) in [5.74, 6) is 0.370. The molecule has 1 atom stereocenters. The van der Waals surface area contributed by atoms with Gasteiger partial charge in [-0.3, -0.25) is 9.69 Å². The second kappa shape index (κ2) is 6.06. The Kier molecular flexibility index (Phi) is 4.15. The quantitative estimate of drug-likeness (QED) is 0.661. The molecule has 3 rings (SSSR count). The van der Waals surface area contributed by atoms with E-state index in [1.54, 1.807) is 6.07 Å². The molecule has 0 aromatic heterocycles. The highest BCUT2D eigenvalue weighted by molar-refractivity contribution is 5.98. The Morgan fingerprint density at radius 2 is 1.86 bits per heavy atom. The number of benzene rings is 1. The second-order valence-electron chi connectivity index (χ2n) is 6.35. The van der Waals surface area contributed by atoms with Crippen molar-refractivity contribution in [2.45, 2.75) is 44.6 Å². The van der Waals surface area contributed by atoms with E-state index in [-0.39, 0.29) is 17.3 Å². The molecule has 2 fully saturated rings. The lowest BCUT2D eigenvalue weighted by atomic mass is 9.95. The minimum atomic E-state index is -0.227. The first kappa shape index (κ1) is 14.4. The smallest absolute Gasteiger partial charge is 0.176 e. The summed E-state index contributed by atoms with van der Waals surface area (Å²) in [6.07, 6.45) is 7.64. The average molecular weight is 289 g/mol. The number of hydrogen-bond donors (Lipinski definition) is 2. The average Bonchev–Trinajstić information content (AvgIpc) is 3.12. The molecule has 4 nitrogen and oxygen atoms in total. The van der Waals surface area contributed by atoms with Gasteiger partial charge in [-0.25, -0.2) is 0 Å². The van der Waals surface area contributed by atoms with Crippen molar-refractivity contribution in [2.24, 2.45) is 5.92 Å². The summed E-state index contributed by atoms with van der Waals surface area (Å²) in [5, 5.41) is 18.8. The largest absolute Gasteiger partial charge is 0.504 e. The number of phenolic OH excluding ortho intramolecular Hbond substituents is 2. The molecule has 2 N–H and O–H groups in total. The van der Waals surface area contributed by atoms with Gasteiger partial charge in [-0.15, -0.1) is 0 Å². The summed E-state index contributed by atoms with van der Waals surface area (Å²) in [5.41, 5.74) is 0.474. The van der Waals surface area contributed by atoms with Crippen LogP contribution in [0.15, 0.2) is 18.2 Å². The van der Waals surface area contributed by atoms with Crippen molar-refractivity contribution in [1.82, 2.24) is 4.90 Å². The van der Waals surface area contributed by atoms with Crippen LogP contribution in [0, 0.1) is 5.92 Å². The Hall–Kier alpha value is -1.55. The molecular weight excluding hydrogens is 266 g/mol.